The summed E-state index contributed by atoms with van der Waals surface area (Å²) < 4.78 is 0. The largest absolute Gasteiger partial charge is 0.278 e. The third-order valence-electron chi connectivity index (χ3n) is 2.43. The lowest BCUT2D eigenvalue weighted by Crippen LogP contribution is -2.03. The highest BCUT2D eigenvalue weighted by Crippen LogP contribution is 2.19. The zero-order valence-corrected chi connectivity index (χ0v) is 11.3. The molecule has 7 heteroatoms. The second-order valence-electron chi connectivity index (χ2n) is 3.88. The van der Waals surface area contributed by atoms with Crippen LogP contribution in [0.2, 0.25) is 0 Å². The molecule has 19 heavy (non-hydrogen) atoms. The quantitative estimate of drug-likeness (QED) is 0.528. The summed E-state index contributed by atoms with van der Waals surface area (Å²) in [6.07, 6.45) is 0. The SMILES string of the molecule is C/C(=N/Nc1nc(C)cs1)c1ccccc1[N+](=O)[O-]. The van der Waals surface area contributed by atoms with Gasteiger partial charge in [-0.1, -0.05) is 12.1 Å². The minimum Gasteiger partial charge on any atom is -0.258 e. The highest BCUT2D eigenvalue weighted by atomic mass is 32.1. The number of anilines is 1. The van der Waals surface area contributed by atoms with Gasteiger partial charge in [0.25, 0.3) is 5.69 Å². The maximum Gasteiger partial charge on any atom is 0.278 e. The van der Waals surface area contributed by atoms with E-state index in [2.05, 4.69) is 15.5 Å². The number of hydrazone groups is 1. The Hall–Kier alpha value is -2.28. The predicted octanol–water partition coefficient (Wildman–Crippen LogP) is 3.20. The second kappa shape index (κ2) is 5.57. The average Bonchev–Trinajstić information content (AvgIpc) is 2.81. The van der Waals surface area contributed by atoms with Crippen LogP contribution in [-0.4, -0.2) is 15.6 Å². The number of rotatable bonds is 4. The predicted molar refractivity (Wildman–Crippen MR) is 75.8 cm³/mol. The van der Waals surface area contributed by atoms with Gasteiger partial charge in [-0.3, -0.25) is 15.5 Å². The summed E-state index contributed by atoms with van der Waals surface area (Å²) in [5, 5.41) is 17.6. The lowest BCUT2D eigenvalue weighted by molar-refractivity contribution is -0.385. The number of benzene rings is 1. The lowest BCUT2D eigenvalue weighted by Gasteiger charge is -2.02. The molecule has 2 rings (SSSR count). The molecule has 0 radical (unpaired) electrons. The van der Waals surface area contributed by atoms with E-state index in [0.29, 0.717) is 16.4 Å². The minimum absolute atomic E-state index is 0.0425. The molecule has 1 aromatic heterocycles. The molecule has 0 saturated heterocycles. The first-order valence-electron chi connectivity index (χ1n) is 5.54. The van der Waals surface area contributed by atoms with Crippen molar-refractivity contribution >= 4 is 27.9 Å². The molecule has 0 unspecified atom stereocenters. The molecule has 0 spiro atoms. The van der Waals surface area contributed by atoms with Crippen molar-refractivity contribution in [1.82, 2.24) is 4.98 Å². The number of nitrogens with one attached hydrogen (secondary N) is 1. The van der Waals surface area contributed by atoms with E-state index in [-0.39, 0.29) is 5.69 Å². The van der Waals surface area contributed by atoms with E-state index in [9.17, 15) is 10.1 Å². The first-order valence-corrected chi connectivity index (χ1v) is 6.42. The van der Waals surface area contributed by atoms with Crippen molar-refractivity contribution in [3.8, 4) is 0 Å². The third kappa shape index (κ3) is 3.14. The summed E-state index contributed by atoms with van der Waals surface area (Å²) in [7, 11) is 0. The highest BCUT2D eigenvalue weighted by molar-refractivity contribution is 7.13. The van der Waals surface area contributed by atoms with Crippen LogP contribution in [0.15, 0.2) is 34.7 Å². The van der Waals surface area contributed by atoms with Crippen molar-refractivity contribution in [2.45, 2.75) is 13.8 Å². The Morgan fingerprint density at radius 3 is 2.84 bits per heavy atom. The topological polar surface area (TPSA) is 80.4 Å². The molecular formula is C12H12N4O2S. The summed E-state index contributed by atoms with van der Waals surface area (Å²) in [6.45, 7) is 3.61. The fraction of sp³-hybridized carbons (Fsp3) is 0.167. The van der Waals surface area contributed by atoms with Gasteiger partial charge in [0.1, 0.15) is 0 Å². The molecule has 1 aromatic carbocycles. The fourth-order valence-corrected chi connectivity index (χ4v) is 2.17. The molecular weight excluding hydrogens is 264 g/mol. The molecule has 1 N–H and O–H groups in total. The zero-order valence-electron chi connectivity index (χ0n) is 10.5. The number of nitro groups is 1. The number of hydrogen-bond donors (Lipinski definition) is 1. The van der Waals surface area contributed by atoms with Gasteiger partial charge in [0.2, 0.25) is 5.13 Å². The van der Waals surface area contributed by atoms with Crippen LogP contribution in [0.5, 0.6) is 0 Å². The summed E-state index contributed by atoms with van der Waals surface area (Å²) in [5.74, 6) is 0. The Morgan fingerprint density at radius 2 is 2.21 bits per heavy atom. The summed E-state index contributed by atoms with van der Waals surface area (Å²) in [5.41, 5.74) is 4.79. The van der Waals surface area contributed by atoms with Gasteiger partial charge in [-0.2, -0.15) is 5.10 Å². The van der Waals surface area contributed by atoms with Crippen molar-refractivity contribution in [2.75, 3.05) is 5.43 Å². The first-order chi connectivity index (χ1) is 9.08. The number of aryl methyl sites for hydroxylation is 1. The second-order valence-corrected chi connectivity index (χ2v) is 4.74. The van der Waals surface area contributed by atoms with E-state index >= 15 is 0 Å². The molecule has 0 amide bonds. The summed E-state index contributed by atoms with van der Waals surface area (Å²) in [4.78, 5) is 14.7. The molecule has 0 saturated carbocycles. The van der Waals surface area contributed by atoms with E-state index in [1.165, 1.54) is 17.4 Å². The van der Waals surface area contributed by atoms with Gasteiger partial charge in [-0.05, 0) is 19.9 Å². The molecule has 1 heterocycles. The molecule has 0 fully saturated rings. The van der Waals surface area contributed by atoms with Crippen molar-refractivity contribution in [3.05, 3.63) is 51.0 Å². The van der Waals surface area contributed by atoms with Gasteiger partial charge in [0.15, 0.2) is 0 Å². The number of hydrogen-bond acceptors (Lipinski definition) is 6. The van der Waals surface area contributed by atoms with Crippen LogP contribution < -0.4 is 5.43 Å². The summed E-state index contributed by atoms with van der Waals surface area (Å²) >= 11 is 1.43. The van der Waals surface area contributed by atoms with E-state index in [0.717, 1.165) is 5.69 Å². The van der Waals surface area contributed by atoms with Crippen molar-refractivity contribution < 1.29 is 4.92 Å². The van der Waals surface area contributed by atoms with Crippen LogP contribution >= 0.6 is 11.3 Å². The molecule has 0 aliphatic carbocycles. The molecule has 0 aliphatic heterocycles. The van der Waals surface area contributed by atoms with Crippen LogP contribution in [0, 0.1) is 17.0 Å². The fourth-order valence-electron chi connectivity index (χ4n) is 1.54. The Bertz CT molecular complexity index is 636. The first kappa shape index (κ1) is 13.2. The van der Waals surface area contributed by atoms with Crippen LogP contribution in [0.1, 0.15) is 18.2 Å². The lowest BCUT2D eigenvalue weighted by atomic mass is 10.1. The van der Waals surface area contributed by atoms with Crippen molar-refractivity contribution in [3.63, 3.8) is 0 Å². The number of nitro benzene ring substituents is 1. The zero-order chi connectivity index (χ0) is 13.8. The Morgan fingerprint density at radius 1 is 1.47 bits per heavy atom. The average molecular weight is 276 g/mol. The maximum absolute atomic E-state index is 10.9. The molecule has 0 aliphatic rings. The van der Waals surface area contributed by atoms with Gasteiger partial charge in [0, 0.05) is 11.4 Å². The van der Waals surface area contributed by atoms with Gasteiger partial charge in [-0.15, -0.1) is 11.3 Å². The third-order valence-corrected chi connectivity index (χ3v) is 3.29. The number of nitrogens with zero attached hydrogens (tertiary/aromatic N) is 3. The smallest absolute Gasteiger partial charge is 0.258 e. The Labute approximate surface area is 114 Å². The van der Waals surface area contributed by atoms with Gasteiger partial charge >= 0.3 is 0 Å². The highest BCUT2D eigenvalue weighted by Gasteiger charge is 2.14. The van der Waals surface area contributed by atoms with E-state index in [4.69, 9.17) is 0 Å². The van der Waals surface area contributed by atoms with Crippen LogP contribution in [0.25, 0.3) is 0 Å². The monoisotopic (exact) mass is 276 g/mol. The van der Waals surface area contributed by atoms with Crippen LogP contribution in [-0.2, 0) is 0 Å². The molecule has 6 nitrogen and oxygen atoms in total. The summed E-state index contributed by atoms with van der Waals surface area (Å²) in [6, 6.07) is 6.51. The number of aromatic nitrogens is 1. The van der Waals surface area contributed by atoms with Crippen LogP contribution in [0.3, 0.4) is 0 Å². The van der Waals surface area contributed by atoms with E-state index < -0.39 is 4.92 Å². The van der Waals surface area contributed by atoms with Gasteiger partial charge in [0.05, 0.1) is 21.9 Å². The van der Waals surface area contributed by atoms with Crippen LogP contribution in [0.4, 0.5) is 10.8 Å². The minimum atomic E-state index is -0.415. The van der Waals surface area contributed by atoms with Crippen molar-refractivity contribution in [2.24, 2.45) is 5.10 Å². The standard InChI is InChI=1S/C12H12N4O2S/c1-8-7-19-12(13-8)15-14-9(2)10-5-3-4-6-11(10)16(17)18/h3-7H,1-2H3,(H,13,15)/b14-9-. The van der Waals surface area contributed by atoms with Gasteiger partial charge in [-0.25, -0.2) is 4.98 Å². The van der Waals surface area contributed by atoms with E-state index in [1.54, 1.807) is 25.1 Å². The van der Waals surface area contributed by atoms with Gasteiger partial charge < -0.3 is 0 Å². The maximum atomic E-state index is 10.9. The molecule has 98 valence electrons. The molecule has 0 bridgehead atoms. The molecule has 0 atom stereocenters. The van der Waals surface area contributed by atoms with E-state index in [1.807, 2.05) is 12.3 Å². The Kier molecular flexibility index (Phi) is 3.86. The Balaban J connectivity index is 2.24. The number of para-hydroxylation sites is 1. The van der Waals surface area contributed by atoms with Crippen molar-refractivity contribution in [1.29, 1.82) is 0 Å². The molecule has 2 aromatic rings. The number of thiazole rings is 1. The normalized spacial score (nSPS) is 11.4.